The molecule has 6 N–H and O–H groups in total. The Balaban J connectivity index is 1.56. The minimum absolute atomic E-state index is 0.0183. The Morgan fingerprint density at radius 3 is 2.68 bits per heavy atom. The summed E-state index contributed by atoms with van der Waals surface area (Å²) in [5.74, 6) is 0.433. The number of nitrogens with one attached hydrogen (secondary N) is 2. The molecule has 34 heavy (non-hydrogen) atoms. The second kappa shape index (κ2) is 10.7. The van der Waals surface area contributed by atoms with Crippen LogP contribution in [-0.2, 0) is 13.0 Å². The average Bonchev–Trinajstić information content (AvgIpc) is 3.36. The first kappa shape index (κ1) is 24.4. The summed E-state index contributed by atoms with van der Waals surface area (Å²) in [6.07, 6.45) is 5.15. The highest BCUT2D eigenvalue weighted by molar-refractivity contribution is 6.36. The van der Waals surface area contributed by atoms with Gasteiger partial charge in [0.25, 0.3) is 0 Å². The zero-order chi connectivity index (χ0) is 24.2. The maximum absolute atomic E-state index is 14.0. The molecule has 1 fully saturated rings. The van der Waals surface area contributed by atoms with Crippen molar-refractivity contribution in [3.05, 3.63) is 80.7 Å². The van der Waals surface area contributed by atoms with E-state index in [4.69, 9.17) is 34.7 Å². The minimum atomic E-state index is -0.504. The van der Waals surface area contributed by atoms with Gasteiger partial charge < -0.3 is 31.9 Å². The van der Waals surface area contributed by atoms with Crippen molar-refractivity contribution < 1.29 is 4.39 Å². The summed E-state index contributed by atoms with van der Waals surface area (Å²) in [6.45, 7) is 5.92. The van der Waals surface area contributed by atoms with Gasteiger partial charge in [-0.05, 0) is 55.2 Å². The highest BCUT2D eigenvalue weighted by Crippen LogP contribution is 2.31. The maximum atomic E-state index is 14.0. The molecule has 0 bridgehead atoms. The van der Waals surface area contributed by atoms with Crippen LogP contribution in [-0.4, -0.2) is 31.1 Å². The summed E-state index contributed by atoms with van der Waals surface area (Å²) < 4.78 is 14.0. The standard InChI is InChI=1S/C25H31Cl2FN6/c1-2-16-13-17(33-10-3-4-11-33)5-8-21(16)32-23(29)14-22-25(30)31-9-12-34(22)15-18-19(26)6-7-20(28)24(18)27/h5-8,13-14,31-32H,2-4,9-12,15,29-30H2,1H3/b23-14+. The average molecular weight is 505 g/mol. The Morgan fingerprint density at radius 2 is 1.94 bits per heavy atom. The first-order valence-corrected chi connectivity index (χ1v) is 12.4. The lowest BCUT2D eigenvalue weighted by atomic mass is 10.1. The molecule has 0 aromatic heterocycles. The smallest absolute Gasteiger partial charge is 0.142 e. The number of hydrogen-bond acceptors (Lipinski definition) is 6. The number of rotatable bonds is 7. The monoisotopic (exact) mass is 504 g/mol. The van der Waals surface area contributed by atoms with Crippen molar-refractivity contribution in [1.29, 1.82) is 0 Å². The minimum Gasteiger partial charge on any atom is -0.385 e. The molecule has 0 radical (unpaired) electrons. The van der Waals surface area contributed by atoms with Crippen molar-refractivity contribution in [3.8, 4) is 0 Å². The van der Waals surface area contributed by atoms with E-state index in [0.717, 1.165) is 25.2 Å². The lowest BCUT2D eigenvalue weighted by molar-refractivity contribution is 0.320. The lowest BCUT2D eigenvalue weighted by Crippen LogP contribution is -2.41. The van der Waals surface area contributed by atoms with E-state index in [1.165, 1.54) is 36.2 Å². The summed E-state index contributed by atoms with van der Waals surface area (Å²) in [6, 6.07) is 9.22. The van der Waals surface area contributed by atoms with Gasteiger partial charge in [-0.3, -0.25) is 0 Å². The molecule has 0 unspecified atom stereocenters. The molecule has 0 amide bonds. The van der Waals surface area contributed by atoms with E-state index in [2.05, 4.69) is 40.7 Å². The van der Waals surface area contributed by atoms with Crippen LogP contribution in [0.3, 0.4) is 0 Å². The quantitative estimate of drug-likeness (QED) is 0.407. The number of halogens is 3. The van der Waals surface area contributed by atoms with E-state index in [-0.39, 0.29) is 5.02 Å². The zero-order valence-electron chi connectivity index (χ0n) is 19.3. The number of benzene rings is 2. The van der Waals surface area contributed by atoms with E-state index < -0.39 is 5.82 Å². The number of hydrogen-bond donors (Lipinski definition) is 4. The SMILES string of the molecule is CCc1cc(N2CCCC2)ccc1N/C(N)=C/C1=C(N)NCCN1Cc1c(Cl)ccc(F)c1Cl. The summed E-state index contributed by atoms with van der Waals surface area (Å²) >= 11 is 12.5. The van der Waals surface area contributed by atoms with Crippen LogP contribution in [0.4, 0.5) is 15.8 Å². The molecule has 182 valence electrons. The number of aryl methyl sites for hydroxylation is 1. The Labute approximate surface area is 210 Å². The van der Waals surface area contributed by atoms with Crippen LogP contribution in [0.5, 0.6) is 0 Å². The van der Waals surface area contributed by atoms with Gasteiger partial charge in [-0.25, -0.2) is 4.39 Å². The third-order valence-corrected chi connectivity index (χ3v) is 7.08. The van der Waals surface area contributed by atoms with E-state index in [1.54, 1.807) is 6.08 Å². The Morgan fingerprint density at radius 1 is 1.18 bits per heavy atom. The number of nitrogens with two attached hydrogens (primary N) is 2. The van der Waals surface area contributed by atoms with E-state index >= 15 is 0 Å². The summed E-state index contributed by atoms with van der Waals surface area (Å²) in [5.41, 5.74) is 17.3. The molecule has 0 spiro atoms. The molecule has 9 heteroatoms. The van der Waals surface area contributed by atoms with Gasteiger partial charge in [0.1, 0.15) is 17.5 Å². The molecule has 2 aromatic rings. The maximum Gasteiger partial charge on any atom is 0.142 e. The van der Waals surface area contributed by atoms with Gasteiger partial charge in [0.2, 0.25) is 0 Å². The van der Waals surface area contributed by atoms with Crippen molar-refractivity contribution in [2.45, 2.75) is 32.7 Å². The van der Waals surface area contributed by atoms with Crippen LogP contribution in [0.2, 0.25) is 10.0 Å². The van der Waals surface area contributed by atoms with E-state index in [0.29, 0.717) is 47.6 Å². The van der Waals surface area contributed by atoms with E-state index in [9.17, 15) is 4.39 Å². The van der Waals surface area contributed by atoms with E-state index in [1.807, 2.05) is 4.90 Å². The summed E-state index contributed by atoms with van der Waals surface area (Å²) in [7, 11) is 0. The highest BCUT2D eigenvalue weighted by atomic mass is 35.5. The van der Waals surface area contributed by atoms with Gasteiger partial charge in [0, 0.05) is 60.8 Å². The van der Waals surface area contributed by atoms with Gasteiger partial charge >= 0.3 is 0 Å². The van der Waals surface area contributed by atoms with Crippen LogP contribution in [0, 0.1) is 5.82 Å². The lowest BCUT2D eigenvalue weighted by Gasteiger charge is -2.32. The summed E-state index contributed by atoms with van der Waals surface area (Å²) in [5, 5.41) is 6.91. The molecule has 2 heterocycles. The number of nitrogens with zero attached hydrogens (tertiary/aromatic N) is 2. The topological polar surface area (TPSA) is 82.6 Å². The predicted octanol–water partition coefficient (Wildman–Crippen LogP) is 4.74. The Hall–Kier alpha value is -2.77. The number of anilines is 2. The van der Waals surface area contributed by atoms with Gasteiger partial charge in [0.05, 0.1) is 10.7 Å². The van der Waals surface area contributed by atoms with Gasteiger partial charge in [-0.1, -0.05) is 30.1 Å². The second-order valence-electron chi connectivity index (χ2n) is 8.58. The predicted molar refractivity (Wildman–Crippen MR) is 139 cm³/mol. The summed E-state index contributed by atoms with van der Waals surface area (Å²) in [4.78, 5) is 4.41. The first-order chi connectivity index (χ1) is 16.4. The zero-order valence-corrected chi connectivity index (χ0v) is 20.8. The molecule has 0 saturated carbocycles. The highest BCUT2D eigenvalue weighted by Gasteiger charge is 2.21. The van der Waals surface area contributed by atoms with Crippen molar-refractivity contribution in [3.63, 3.8) is 0 Å². The van der Waals surface area contributed by atoms with Crippen molar-refractivity contribution in [2.24, 2.45) is 11.5 Å². The van der Waals surface area contributed by atoms with Crippen LogP contribution >= 0.6 is 23.2 Å². The van der Waals surface area contributed by atoms with Crippen molar-refractivity contribution >= 4 is 34.6 Å². The van der Waals surface area contributed by atoms with Crippen LogP contribution in [0.25, 0.3) is 0 Å². The Bertz CT molecular complexity index is 1110. The van der Waals surface area contributed by atoms with Gasteiger partial charge in [-0.2, -0.15) is 0 Å². The molecular formula is C25H31Cl2FN6. The molecule has 2 aliphatic heterocycles. The molecule has 0 aliphatic carbocycles. The third kappa shape index (κ3) is 5.31. The second-order valence-corrected chi connectivity index (χ2v) is 9.37. The largest absolute Gasteiger partial charge is 0.385 e. The molecule has 6 nitrogen and oxygen atoms in total. The Kier molecular flexibility index (Phi) is 7.63. The van der Waals surface area contributed by atoms with Crippen molar-refractivity contribution in [1.82, 2.24) is 10.2 Å². The van der Waals surface area contributed by atoms with Gasteiger partial charge in [0.15, 0.2) is 0 Å². The van der Waals surface area contributed by atoms with Crippen molar-refractivity contribution in [2.75, 3.05) is 36.4 Å². The van der Waals surface area contributed by atoms with Crippen LogP contribution in [0.15, 0.2) is 53.7 Å². The molecule has 2 aromatic carbocycles. The molecule has 1 saturated heterocycles. The fourth-order valence-electron chi connectivity index (χ4n) is 4.45. The number of allylic oxidation sites excluding steroid dienone is 1. The normalized spacial score (nSPS) is 16.8. The fraction of sp³-hybridized carbons (Fsp3) is 0.360. The van der Waals surface area contributed by atoms with Crippen LogP contribution < -0.4 is 27.0 Å². The fourth-order valence-corrected chi connectivity index (χ4v) is 4.94. The molecule has 4 rings (SSSR count). The van der Waals surface area contributed by atoms with Crippen LogP contribution in [0.1, 0.15) is 30.9 Å². The van der Waals surface area contributed by atoms with Gasteiger partial charge in [-0.15, -0.1) is 0 Å². The third-order valence-electron chi connectivity index (χ3n) is 6.31. The molecular weight excluding hydrogens is 474 g/mol. The molecule has 0 atom stereocenters. The molecule has 2 aliphatic rings. The first-order valence-electron chi connectivity index (χ1n) is 11.6.